The average molecular weight is 308 g/mol. The number of hydrogen-bond donors (Lipinski definition) is 2. The second kappa shape index (κ2) is 7.08. The van der Waals surface area contributed by atoms with Gasteiger partial charge in [0.2, 0.25) is 5.91 Å². The first-order chi connectivity index (χ1) is 10.5. The normalized spacial score (nSPS) is 16.9. The molecule has 0 bridgehead atoms. The van der Waals surface area contributed by atoms with Crippen LogP contribution in [-0.2, 0) is 4.79 Å². The highest BCUT2D eigenvalue weighted by atomic mass is 16.3. The Bertz CT molecular complexity index is 535. The number of amides is 4. The zero-order valence-corrected chi connectivity index (χ0v) is 12.7. The van der Waals surface area contributed by atoms with Gasteiger partial charge in [-0.05, 0) is 19.1 Å². The van der Waals surface area contributed by atoms with E-state index in [1.54, 1.807) is 24.0 Å². The Morgan fingerprint density at radius 2 is 1.91 bits per heavy atom. The number of nitrogens with one attached hydrogen (secondary N) is 2. The topological polar surface area (TPSA) is 94.9 Å². The number of hydrogen-bond acceptors (Lipinski definition) is 5. The van der Waals surface area contributed by atoms with Crippen LogP contribution in [0.15, 0.2) is 22.8 Å². The second-order valence-electron chi connectivity index (χ2n) is 5.05. The summed E-state index contributed by atoms with van der Waals surface area (Å²) < 4.78 is 5.10. The molecule has 0 saturated carbocycles. The lowest BCUT2D eigenvalue weighted by Crippen LogP contribution is -2.56. The van der Waals surface area contributed by atoms with Crippen LogP contribution in [0.5, 0.6) is 0 Å². The van der Waals surface area contributed by atoms with Crippen LogP contribution in [0.1, 0.15) is 17.5 Å². The molecule has 2 N–H and O–H groups in total. The molecule has 0 unspecified atom stereocenters. The van der Waals surface area contributed by atoms with E-state index in [1.807, 2.05) is 4.90 Å². The molecule has 0 spiro atoms. The molecule has 2 rings (SSSR count). The number of rotatable bonds is 3. The summed E-state index contributed by atoms with van der Waals surface area (Å²) in [7, 11) is 1.45. The number of piperazine rings is 1. The molecule has 1 aliphatic rings. The van der Waals surface area contributed by atoms with Crippen molar-refractivity contribution in [2.24, 2.45) is 0 Å². The minimum Gasteiger partial charge on any atom is -0.459 e. The fourth-order valence-electron chi connectivity index (χ4n) is 2.31. The minimum atomic E-state index is -0.525. The van der Waals surface area contributed by atoms with Crippen LogP contribution in [0.25, 0.3) is 0 Å². The fourth-order valence-corrected chi connectivity index (χ4v) is 2.31. The van der Waals surface area contributed by atoms with Crippen molar-refractivity contribution >= 4 is 17.8 Å². The Kier molecular flexibility index (Phi) is 5.16. The van der Waals surface area contributed by atoms with Crippen LogP contribution in [0, 0.1) is 0 Å². The van der Waals surface area contributed by atoms with Gasteiger partial charge in [0.15, 0.2) is 5.76 Å². The highest BCUT2D eigenvalue weighted by molar-refractivity contribution is 5.96. The molecule has 1 saturated heterocycles. The third-order valence-electron chi connectivity index (χ3n) is 3.72. The summed E-state index contributed by atoms with van der Waals surface area (Å²) in [6.45, 7) is 3.89. The van der Waals surface area contributed by atoms with E-state index in [4.69, 9.17) is 4.42 Å². The van der Waals surface area contributed by atoms with Crippen molar-refractivity contribution in [2.45, 2.75) is 13.0 Å². The quantitative estimate of drug-likeness (QED) is 0.812. The van der Waals surface area contributed by atoms with Gasteiger partial charge in [0.1, 0.15) is 0 Å². The van der Waals surface area contributed by atoms with E-state index in [0.29, 0.717) is 31.9 Å². The molecule has 2 heterocycles. The molecular weight excluding hydrogens is 288 g/mol. The zero-order valence-electron chi connectivity index (χ0n) is 12.7. The van der Waals surface area contributed by atoms with Gasteiger partial charge < -0.3 is 14.6 Å². The van der Waals surface area contributed by atoms with Gasteiger partial charge in [-0.2, -0.15) is 0 Å². The molecule has 120 valence electrons. The monoisotopic (exact) mass is 308 g/mol. The summed E-state index contributed by atoms with van der Waals surface area (Å²) in [4.78, 5) is 38.8. The van der Waals surface area contributed by atoms with Gasteiger partial charge in [-0.3, -0.25) is 19.8 Å². The van der Waals surface area contributed by atoms with Crippen molar-refractivity contribution in [3.8, 4) is 0 Å². The Balaban J connectivity index is 1.85. The zero-order chi connectivity index (χ0) is 16.1. The Morgan fingerprint density at radius 1 is 1.23 bits per heavy atom. The largest absolute Gasteiger partial charge is 0.459 e. The molecule has 1 atom stereocenters. The third kappa shape index (κ3) is 3.64. The molecule has 1 fully saturated rings. The highest BCUT2D eigenvalue weighted by Crippen LogP contribution is 2.11. The van der Waals surface area contributed by atoms with E-state index in [-0.39, 0.29) is 11.8 Å². The molecule has 0 radical (unpaired) electrons. The first-order valence-corrected chi connectivity index (χ1v) is 7.12. The molecule has 4 amide bonds. The van der Waals surface area contributed by atoms with Crippen molar-refractivity contribution in [3.05, 3.63) is 24.2 Å². The maximum atomic E-state index is 12.1. The van der Waals surface area contributed by atoms with Gasteiger partial charge in [0.25, 0.3) is 5.91 Å². The molecule has 1 aromatic rings. The Hall–Kier alpha value is -2.35. The first-order valence-electron chi connectivity index (χ1n) is 7.12. The van der Waals surface area contributed by atoms with Crippen LogP contribution in [-0.4, -0.2) is 66.9 Å². The van der Waals surface area contributed by atoms with Crippen LogP contribution >= 0.6 is 0 Å². The van der Waals surface area contributed by atoms with Crippen LogP contribution in [0.2, 0.25) is 0 Å². The van der Waals surface area contributed by atoms with Crippen molar-refractivity contribution in [3.63, 3.8) is 0 Å². The SMILES string of the molecule is CNC(=O)NC(=O)[C@H](C)N1CCN(C(=O)c2ccco2)CC1. The van der Waals surface area contributed by atoms with Gasteiger partial charge >= 0.3 is 6.03 Å². The molecule has 22 heavy (non-hydrogen) atoms. The third-order valence-corrected chi connectivity index (χ3v) is 3.72. The smallest absolute Gasteiger partial charge is 0.321 e. The second-order valence-corrected chi connectivity index (χ2v) is 5.05. The lowest BCUT2D eigenvalue weighted by Gasteiger charge is -2.36. The first kappa shape index (κ1) is 16.0. The fraction of sp³-hybridized carbons (Fsp3) is 0.500. The highest BCUT2D eigenvalue weighted by Gasteiger charge is 2.29. The number of carbonyl (C=O) groups excluding carboxylic acids is 3. The number of carbonyl (C=O) groups is 3. The van der Waals surface area contributed by atoms with E-state index in [2.05, 4.69) is 10.6 Å². The Labute approximate surface area is 128 Å². The molecule has 8 heteroatoms. The predicted molar refractivity (Wildman–Crippen MR) is 78.2 cm³/mol. The van der Waals surface area contributed by atoms with Gasteiger partial charge in [-0.25, -0.2) is 4.79 Å². The molecular formula is C14H20N4O4. The summed E-state index contributed by atoms with van der Waals surface area (Å²) >= 11 is 0. The van der Waals surface area contributed by atoms with Gasteiger partial charge in [0, 0.05) is 33.2 Å². The number of furan rings is 1. The summed E-state index contributed by atoms with van der Waals surface area (Å²) in [5.41, 5.74) is 0. The molecule has 8 nitrogen and oxygen atoms in total. The lowest BCUT2D eigenvalue weighted by molar-refractivity contribution is -0.125. The summed E-state index contributed by atoms with van der Waals surface area (Å²) in [6.07, 6.45) is 1.47. The van der Waals surface area contributed by atoms with Crippen molar-refractivity contribution < 1.29 is 18.8 Å². The van der Waals surface area contributed by atoms with E-state index in [0.717, 1.165) is 0 Å². The molecule has 0 aliphatic carbocycles. The number of urea groups is 1. The van der Waals surface area contributed by atoms with E-state index < -0.39 is 12.1 Å². The van der Waals surface area contributed by atoms with Crippen molar-refractivity contribution in [1.29, 1.82) is 0 Å². The summed E-state index contributed by atoms with van der Waals surface area (Å²) in [6, 6.07) is 2.35. The van der Waals surface area contributed by atoms with Crippen LogP contribution in [0.4, 0.5) is 4.79 Å². The maximum Gasteiger partial charge on any atom is 0.321 e. The summed E-state index contributed by atoms with van der Waals surface area (Å²) in [5, 5.41) is 4.60. The number of imide groups is 1. The van der Waals surface area contributed by atoms with Gasteiger partial charge in [0.05, 0.1) is 12.3 Å². The van der Waals surface area contributed by atoms with Crippen LogP contribution in [0.3, 0.4) is 0 Å². The maximum absolute atomic E-state index is 12.1. The van der Waals surface area contributed by atoms with Gasteiger partial charge in [-0.15, -0.1) is 0 Å². The van der Waals surface area contributed by atoms with Crippen LogP contribution < -0.4 is 10.6 Å². The molecule has 0 aromatic carbocycles. The van der Waals surface area contributed by atoms with Gasteiger partial charge in [-0.1, -0.05) is 0 Å². The number of nitrogens with zero attached hydrogens (tertiary/aromatic N) is 2. The minimum absolute atomic E-state index is 0.146. The lowest BCUT2D eigenvalue weighted by atomic mass is 10.2. The molecule has 1 aromatic heterocycles. The Morgan fingerprint density at radius 3 is 2.45 bits per heavy atom. The van der Waals surface area contributed by atoms with E-state index in [1.165, 1.54) is 13.3 Å². The summed E-state index contributed by atoms with van der Waals surface area (Å²) in [5.74, 6) is -0.184. The van der Waals surface area contributed by atoms with Crippen molar-refractivity contribution in [2.75, 3.05) is 33.2 Å². The van der Waals surface area contributed by atoms with E-state index in [9.17, 15) is 14.4 Å². The average Bonchev–Trinajstić information content (AvgIpc) is 3.07. The van der Waals surface area contributed by atoms with E-state index >= 15 is 0 Å². The van der Waals surface area contributed by atoms with Crippen molar-refractivity contribution in [1.82, 2.24) is 20.4 Å². The molecule has 1 aliphatic heterocycles. The predicted octanol–water partition coefficient (Wildman–Crippen LogP) is -0.118. The standard InChI is InChI=1S/C14H20N4O4/c1-10(12(19)16-14(21)15-2)17-5-7-18(8-6-17)13(20)11-4-3-9-22-11/h3-4,9-10H,5-8H2,1-2H3,(H2,15,16,19,21)/t10-/m0/s1.